The number of carboxylic acids is 1. The van der Waals surface area contributed by atoms with Crippen molar-refractivity contribution in [3.05, 3.63) is 59.7 Å². The van der Waals surface area contributed by atoms with Crippen molar-refractivity contribution in [2.45, 2.75) is 49.6 Å². The molecule has 0 aromatic heterocycles. The number of carbonyl (C=O) groups is 3. The second kappa shape index (κ2) is 9.70. The fourth-order valence-electron chi connectivity index (χ4n) is 5.61. The second-order valence-corrected chi connectivity index (χ2v) is 9.67. The first kappa shape index (κ1) is 23.4. The summed E-state index contributed by atoms with van der Waals surface area (Å²) in [7, 11) is 0. The highest BCUT2D eigenvalue weighted by Crippen LogP contribution is 2.44. The van der Waals surface area contributed by atoms with Crippen molar-refractivity contribution in [3.63, 3.8) is 0 Å². The van der Waals surface area contributed by atoms with E-state index < -0.39 is 17.6 Å². The van der Waals surface area contributed by atoms with Crippen molar-refractivity contribution in [2.75, 3.05) is 19.8 Å². The molecule has 1 heterocycles. The minimum absolute atomic E-state index is 0.0121. The van der Waals surface area contributed by atoms with E-state index in [0.29, 0.717) is 32.5 Å². The van der Waals surface area contributed by atoms with E-state index in [2.05, 4.69) is 34.9 Å². The number of hydrogen-bond donors (Lipinski definition) is 3. The number of nitrogens with one attached hydrogen (secondary N) is 2. The SMILES string of the molecule is O=C(N[C@@H]1CC[C@H](C(=O)NC2(C(=O)O)CCOCC2)C1)OCC1c2ccccc2-c2ccccc21. The average molecular weight is 479 g/mol. The Morgan fingerprint density at radius 1 is 0.971 bits per heavy atom. The summed E-state index contributed by atoms with van der Waals surface area (Å²) >= 11 is 0. The Bertz CT molecular complexity index is 1080. The van der Waals surface area contributed by atoms with Crippen molar-refractivity contribution in [3.8, 4) is 11.1 Å². The quantitative estimate of drug-likeness (QED) is 0.586. The fourth-order valence-corrected chi connectivity index (χ4v) is 5.61. The van der Waals surface area contributed by atoms with Crippen LogP contribution in [0, 0.1) is 5.92 Å². The summed E-state index contributed by atoms with van der Waals surface area (Å²) in [5, 5.41) is 15.3. The molecule has 2 aliphatic carbocycles. The Morgan fingerprint density at radius 2 is 1.60 bits per heavy atom. The molecule has 2 atom stereocenters. The van der Waals surface area contributed by atoms with E-state index in [1.54, 1.807) is 0 Å². The lowest BCUT2D eigenvalue weighted by Crippen LogP contribution is -2.58. The number of aliphatic carboxylic acids is 1. The molecule has 1 saturated heterocycles. The molecule has 2 aromatic carbocycles. The smallest absolute Gasteiger partial charge is 0.407 e. The maximum atomic E-state index is 12.8. The first-order chi connectivity index (χ1) is 17.0. The van der Waals surface area contributed by atoms with Crippen LogP contribution < -0.4 is 10.6 Å². The van der Waals surface area contributed by atoms with Crippen LogP contribution in [0.25, 0.3) is 11.1 Å². The summed E-state index contributed by atoms with van der Waals surface area (Å²) in [5.41, 5.74) is 3.38. The van der Waals surface area contributed by atoms with Crippen LogP contribution in [0.5, 0.6) is 0 Å². The van der Waals surface area contributed by atoms with Gasteiger partial charge in [-0.1, -0.05) is 48.5 Å². The van der Waals surface area contributed by atoms with Gasteiger partial charge in [0, 0.05) is 43.9 Å². The van der Waals surface area contributed by atoms with Crippen LogP contribution in [-0.2, 0) is 19.1 Å². The van der Waals surface area contributed by atoms with E-state index >= 15 is 0 Å². The maximum Gasteiger partial charge on any atom is 0.407 e. The molecule has 1 aliphatic heterocycles. The lowest BCUT2D eigenvalue weighted by molar-refractivity contribution is -0.152. The third-order valence-corrected chi connectivity index (χ3v) is 7.59. The lowest BCUT2D eigenvalue weighted by Gasteiger charge is -2.34. The molecule has 0 bridgehead atoms. The van der Waals surface area contributed by atoms with Gasteiger partial charge in [-0.2, -0.15) is 0 Å². The van der Waals surface area contributed by atoms with Gasteiger partial charge in [0.1, 0.15) is 12.1 Å². The van der Waals surface area contributed by atoms with Crippen molar-refractivity contribution in [2.24, 2.45) is 5.92 Å². The van der Waals surface area contributed by atoms with Gasteiger partial charge in [-0.25, -0.2) is 9.59 Å². The Kier molecular flexibility index (Phi) is 6.47. The Labute approximate surface area is 204 Å². The predicted octanol–water partition coefficient (Wildman–Crippen LogP) is 3.44. The molecule has 2 aromatic rings. The Morgan fingerprint density at radius 3 is 2.23 bits per heavy atom. The van der Waals surface area contributed by atoms with Crippen LogP contribution >= 0.6 is 0 Å². The van der Waals surface area contributed by atoms with Gasteiger partial charge in [0.2, 0.25) is 5.91 Å². The first-order valence-electron chi connectivity index (χ1n) is 12.2. The molecule has 0 spiro atoms. The number of ether oxygens (including phenoxy) is 2. The van der Waals surface area contributed by atoms with Crippen LogP contribution in [0.15, 0.2) is 48.5 Å². The second-order valence-electron chi connectivity index (χ2n) is 9.67. The normalized spacial score (nSPS) is 22.6. The van der Waals surface area contributed by atoms with Gasteiger partial charge < -0.3 is 25.2 Å². The molecule has 8 nitrogen and oxygen atoms in total. The highest BCUT2D eigenvalue weighted by atomic mass is 16.5. The number of rotatable bonds is 6. The van der Waals surface area contributed by atoms with E-state index in [0.717, 1.165) is 11.1 Å². The van der Waals surface area contributed by atoms with Crippen LogP contribution in [0.1, 0.15) is 49.1 Å². The minimum Gasteiger partial charge on any atom is -0.480 e. The number of fused-ring (bicyclic) bond motifs is 3. The lowest BCUT2D eigenvalue weighted by atomic mass is 9.89. The van der Waals surface area contributed by atoms with Gasteiger partial charge in [-0.15, -0.1) is 0 Å². The number of hydrogen-bond acceptors (Lipinski definition) is 5. The number of amides is 2. The van der Waals surface area contributed by atoms with Crippen LogP contribution in [0.4, 0.5) is 4.79 Å². The topological polar surface area (TPSA) is 114 Å². The number of benzene rings is 2. The molecular formula is C27H30N2O6. The van der Waals surface area contributed by atoms with E-state index in [1.807, 2.05) is 24.3 Å². The van der Waals surface area contributed by atoms with E-state index in [-0.39, 0.29) is 43.2 Å². The molecule has 1 saturated carbocycles. The summed E-state index contributed by atoms with van der Waals surface area (Å²) in [6.45, 7) is 0.853. The van der Waals surface area contributed by atoms with Gasteiger partial charge in [0.15, 0.2) is 0 Å². The van der Waals surface area contributed by atoms with Crippen molar-refractivity contribution in [1.29, 1.82) is 0 Å². The number of alkyl carbamates (subject to hydrolysis) is 1. The van der Waals surface area contributed by atoms with Crippen molar-refractivity contribution < 1.29 is 29.0 Å². The molecule has 2 amide bonds. The van der Waals surface area contributed by atoms with Crippen molar-refractivity contribution in [1.82, 2.24) is 10.6 Å². The monoisotopic (exact) mass is 478 g/mol. The van der Waals surface area contributed by atoms with E-state index in [9.17, 15) is 19.5 Å². The third-order valence-electron chi connectivity index (χ3n) is 7.59. The zero-order valence-electron chi connectivity index (χ0n) is 19.5. The predicted molar refractivity (Wildman–Crippen MR) is 128 cm³/mol. The number of carboxylic acid groups (broad SMARTS) is 1. The average Bonchev–Trinajstić information content (AvgIpc) is 3.46. The van der Waals surface area contributed by atoms with E-state index in [4.69, 9.17) is 9.47 Å². The highest BCUT2D eigenvalue weighted by Gasteiger charge is 2.43. The molecule has 3 aliphatic rings. The standard InChI is InChI=1S/C27H30N2O6/c30-24(29-27(25(31)32)11-13-34-14-12-27)17-9-10-18(15-17)28-26(33)35-16-23-21-7-3-1-5-19(21)20-6-2-4-8-22(20)23/h1-8,17-18,23H,9-16H2,(H,28,33)(H,29,30)(H,31,32)/t17-,18+/m0/s1. The first-order valence-corrected chi connectivity index (χ1v) is 12.2. The zero-order valence-corrected chi connectivity index (χ0v) is 19.5. The molecule has 2 fully saturated rings. The molecule has 184 valence electrons. The van der Waals surface area contributed by atoms with Gasteiger partial charge in [-0.3, -0.25) is 4.79 Å². The molecule has 0 radical (unpaired) electrons. The van der Waals surface area contributed by atoms with Gasteiger partial charge in [-0.05, 0) is 41.5 Å². The summed E-state index contributed by atoms with van der Waals surface area (Å²) in [6.07, 6.45) is 1.70. The maximum absolute atomic E-state index is 12.8. The van der Waals surface area contributed by atoms with Gasteiger partial charge >= 0.3 is 12.1 Å². The van der Waals surface area contributed by atoms with Gasteiger partial charge in [0.05, 0.1) is 0 Å². The molecule has 3 N–H and O–H groups in total. The Balaban J connectivity index is 1.14. The van der Waals surface area contributed by atoms with Gasteiger partial charge in [0.25, 0.3) is 0 Å². The molecular weight excluding hydrogens is 448 g/mol. The number of carbonyl (C=O) groups excluding carboxylic acids is 2. The molecule has 8 heteroatoms. The fraction of sp³-hybridized carbons (Fsp3) is 0.444. The summed E-state index contributed by atoms with van der Waals surface area (Å²) in [5.74, 6) is -1.65. The third kappa shape index (κ3) is 4.62. The molecule has 0 unspecified atom stereocenters. The van der Waals surface area contributed by atoms with Crippen LogP contribution in [0.2, 0.25) is 0 Å². The molecule has 35 heavy (non-hydrogen) atoms. The van der Waals surface area contributed by atoms with Crippen LogP contribution in [-0.4, -0.2) is 54.5 Å². The largest absolute Gasteiger partial charge is 0.480 e. The van der Waals surface area contributed by atoms with E-state index in [1.165, 1.54) is 11.1 Å². The van der Waals surface area contributed by atoms with Crippen LogP contribution in [0.3, 0.4) is 0 Å². The minimum atomic E-state index is -1.27. The summed E-state index contributed by atoms with van der Waals surface area (Å²) < 4.78 is 10.9. The zero-order chi connectivity index (χ0) is 24.4. The Hall–Kier alpha value is -3.39. The van der Waals surface area contributed by atoms with Crippen molar-refractivity contribution >= 4 is 18.0 Å². The summed E-state index contributed by atoms with van der Waals surface area (Å²) in [4.78, 5) is 37.2. The summed E-state index contributed by atoms with van der Waals surface area (Å²) in [6, 6.07) is 16.2. The molecule has 5 rings (SSSR count). The highest BCUT2D eigenvalue weighted by molar-refractivity contribution is 5.88.